The molecule has 0 fully saturated rings. The van der Waals surface area contributed by atoms with E-state index in [4.69, 9.17) is 14.4 Å². The standard InChI is InChI=1S/C33H31N2OS.C23H24N.Ir/c1-18(2)24-16-26(34-17-25(24)28-19(3)10-8-11-20(28)4)23-13-9-12-21-22-14-15-27-29(31(22)36-30(21)23)35-32(37-27)33(5,6)7;1-17-5-9-20(10-6-17)22-15-21(13-14-24-22)19-11-7-18(8-12-19)16-23(2,3)4;/h8-12,14-18H,1-7H3;5-9,11-15H,16H2,1-4H3;/q2*-1;. The number of pyridine rings is 2. The molecule has 62 heavy (non-hydrogen) atoms. The average molecular weight is 1010 g/mol. The van der Waals surface area contributed by atoms with Crippen molar-refractivity contribution in [2.45, 2.75) is 93.9 Å². The van der Waals surface area contributed by atoms with Gasteiger partial charge in [-0.15, -0.1) is 64.9 Å². The molecule has 6 heteroatoms. The Morgan fingerprint density at radius 1 is 0.726 bits per heavy atom. The van der Waals surface area contributed by atoms with Gasteiger partial charge in [-0.05, 0) is 94.1 Å². The third kappa shape index (κ3) is 9.39. The van der Waals surface area contributed by atoms with Crippen molar-refractivity contribution >= 4 is 43.5 Å². The Bertz CT molecular complexity index is 3000. The average Bonchev–Trinajstić information content (AvgIpc) is 3.84. The Morgan fingerprint density at radius 2 is 1.45 bits per heavy atom. The molecule has 4 nitrogen and oxygen atoms in total. The third-order valence-electron chi connectivity index (χ3n) is 11.2. The predicted octanol–water partition coefficient (Wildman–Crippen LogP) is 15.9. The molecule has 0 saturated heterocycles. The first-order valence-electron chi connectivity index (χ1n) is 21.3. The van der Waals surface area contributed by atoms with E-state index in [0.29, 0.717) is 11.3 Å². The third-order valence-corrected chi connectivity index (χ3v) is 12.6. The maximum Gasteiger partial charge on any atom is 0.148 e. The predicted molar refractivity (Wildman–Crippen MR) is 259 cm³/mol. The number of furan rings is 1. The monoisotopic (exact) mass is 1010 g/mol. The molecule has 0 amide bonds. The number of nitrogens with zero attached hydrogens (tertiary/aromatic N) is 3. The molecule has 0 atom stereocenters. The van der Waals surface area contributed by atoms with Gasteiger partial charge in [0.1, 0.15) is 11.1 Å². The number of hydrogen-bond acceptors (Lipinski definition) is 5. The second kappa shape index (κ2) is 17.8. The van der Waals surface area contributed by atoms with Crippen molar-refractivity contribution in [3.63, 3.8) is 0 Å². The topological polar surface area (TPSA) is 51.8 Å². The zero-order valence-corrected chi connectivity index (χ0v) is 41.0. The SMILES string of the molecule is Cc1c[c-]c(-c2cc(-c3ccc(CC(C)(C)C)cc3)ccn2)cc1.Cc1cccc(C)c1-c1cnc(-c2[c-]ccc3c2oc2c3ccc3sc(C(C)(C)C)nc32)cc1C(C)C.[Ir]. The summed E-state index contributed by atoms with van der Waals surface area (Å²) in [6.45, 7) is 24.3. The Labute approximate surface area is 385 Å². The molecule has 4 heterocycles. The molecule has 0 aliphatic heterocycles. The molecule has 317 valence electrons. The van der Waals surface area contributed by atoms with Crippen LogP contribution in [-0.2, 0) is 31.9 Å². The summed E-state index contributed by atoms with van der Waals surface area (Å²) >= 11 is 1.75. The van der Waals surface area contributed by atoms with Gasteiger partial charge in [-0.1, -0.05) is 134 Å². The number of thiazole rings is 1. The fourth-order valence-corrected chi connectivity index (χ4v) is 9.10. The summed E-state index contributed by atoms with van der Waals surface area (Å²) < 4.78 is 7.76. The molecule has 0 unspecified atom stereocenters. The molecule has 0 aliphatic carbocycles. The van der Waals surface area contributed by atoms with Crippen LogP contribution in [0.2, 0.25) is 0 Å². The van der Waals surface area contributed by atoms with Crippen molar-refractivity contribution in [1.29, 1.82) is 0 Å². The first kappa shape index (κ1) is 44.8. The van der Waals surface area contributed by atoms with Crippen LogP contribution in [0.4, 0.5) is 0 Å². The maximum absolute atomic E-state index is 6.60. The summed E-state index contributed by atoms with van der Waals surface area (Å²) in [6, 6.07) is 43.1. The van der Waals surface area contributed by atoms with E-state index >= 15 is 0 Å². The van der Waals surface area contributed by atoms with Crippen LogP contribution < -0.4 is 0 Å². The number of aryl methyl sites for hydroxylation is 3. The summed E-state index contributed by atoms with van der Waals surface area (Å²) in [7, 11) is 0. The minimum atomic E-state index is -0.00462. The second-order valence-electron chi connectivity index (χ2n) is 19.0. The molecule has 5 aromatic carbocycles. The van der Waals surface area contributed by atoms with E-state index in [1.165, 1.54) is 50.1 Å². The van der Waals surface area contributed by atoms with E-state index in [-0.39, 0.29) is 25.5 Å². The van der Waals surface area contributed by atoms with Gasteiger partial charge in [0.05, 0.1) is 15.3 Å². The first-order chi connectivity index (χ1) is 29.0. The van der Waals surface area contributed by atoms with Crippen LogP contribution >= 0.6 is 11.3 Å². The van der Waals surface area contributed by atoms with Crippen LogP contribution in [0.25, 0.3) is 76.9 Å². The maximum atomic E-state index is 6.60. The number of benzene rings is 5. The van der Waals surface area contributed by atoms with E-state index in [0.717, 1.165) is 66.1 Å². The van der Waals surface area contributed by atoms with Crippen LogP contribution in [0.1, 0.15) is 94.1 Å². The minimum Gasteiger partial charge on any atom is -0.498 e. The van der Waals surface area contributed by atoms with Gasteiger partial charge in [0.15, 0.2) is 0 Å². The van der Waals surface area contributed by atoms with Gasteiger partial charge in [0.2, 0.25) is 0 Å². The number of hydrogen-bond donors (Lipinski definition) is 0. The molecule has 1 radical (unpaired) electrons. The Balaban J connectivity index is 0.000000201. The van der Waals surface area contributed by atoms with Crippen LogP contribution in [0, 0.1) is 38.3 Å². The molecule has 9 aromatic rings. The molecular weight excluding hydrogens is 955 g/mol. The number of fused-ring (bicyclic) bond motifs is 5. The molecule has 0 bridgehead atoms. The van der Waals surface area contributed by atoms with E-state index < -0.39 is 0 Å². The molecule has 4 aromatic heterocycles. The number of rotatable bonds is 6. The Morgan fingerprint density at radius 3 is 2.11 bits per heavy atom. The molecule has 0 spiro atoms. The van der Waals surface area contributed by atoms with Crippen molar-refractivity contribution in [1.82, 2.24) is 15.0 Å². The normalized spacial score (nSPS) is 11.9. The Kier molecular flexibility index (Phi) is 12.9. The summed E-state index contributed by atoms with van der Waals surface area (Å²) in [5.41, 5.74) is 18.0. The van der Waals surface area contributed by atoms with E-state index in [1.54, 1.807) is 11.3 Å². The number of aromatic nitrogens is 3. The summed E-state index contributed by atoms with van der Waals surface area (Å²) in [5, 5.41) is 3.27. The van der Waals surface area contributed by atoms with Crippen molar-refractivity contribution < 1.29 is 24.5 Å². The van der Waals surface area contributed by atoms with E-state index in [2.05, 4.69) is 184 Å². The molecule has 0 N–H and O–H groups in total. The van der Waals surface area contributed by atoms with Crippen LogP contribution in [0.3, 0.4) is 0 Å². The quantitative estimate of drug-likeness (QED) is 0.156. The van der Waals surface area contributed by atoms with Gasteiger partial charge in [0.25, 0.3) is 0 Å². The van der Waals surface area contributed by atoms with Crippen LogP contribution in [0.5, 0.6) is 0 Å². The summed E-state index contributed by atoms with van der Waals surface area (Å²) in [5.74, 6) is 0.344. The van der Waals surface area contributed by atoms with Gasteiger partial charge in [-0.2, -0.15) is 0 Å². The first-order valence-corrected chi connectivity index (χ1v) is 22.1. The Hall–Kier alpha value is -5.26. The van der Waals surface area contributed by atoms with E-state index in [1.807, 2.05) is 24.5 Å². The van der Waals surface area contributed by atoms with Gasteiger partial charge < -0.3 is 14.4 Å². The molecular formula is C56H55IrN3OS-2. The summed E-state index contributed by atoms with van der Waals surface area (Å²) in [4.78, 5) is 14.5. The zero-order valence-electron chi connectivity index (χ0n) is 37.7. The molecule has 0 saturated carbocycles. The van der Waals surface area contributed by atoms with Crippen LogP contribution in [-0.4, -0.2) is 15.0 Å². The minimum absolute atomic E-state index is 0. The van der Waals surface area contributed by atoms with Crippen molar-refractivity contribution in [2.75, 3.05) is 0 Å². The molecule has 0 aliphatic rings. The zero-order chi connectivity index (χ0) is 43.2. The van der Waals surface area contributed by atoms with E-state index in [9.17, 15) is 0 Å². The second-order valence-corrected chi connectivity index (χ2v) is 20.0. The largest absolute Gasteiger partial charge is 0.498 e. The van der Waals surface area contributed by atoms with Crippen molar-refractivity contribution in [3.8, 4) is 44.8 Å². The van der Waals surface area contributed by atoms with Crippen molar-refractivity contribution in [3.05, 3.63) is 160 Å². The van der Waals surface area contributed by atoms with Gasteiger partial charge in [0, 0.05) is 48.9 Å². The van der Waals surface area contributed by atoms with Crippen LogP contribution in [0.15, 0.2) is 120 Å². The summed E-state index contributed by atoms with van der Waals surface area (Å²) in [6.07, 6.45) is 5.00. The fourth-order valence-electron chi connectivity index (χ4n) is 8.08. The molecule has 9 rings (SSSR count). The smallest absolute Gasteiger partial charge is 0.148 e. The van der Waals surface area contributed by atoms with Gasteiger partial charge in [-0.25, -0.2) is 4.98 Å². The fraction of sp³-hybridized carbons (Fsp3) is 0.268. The van der Waals surface area contributed by atoms with Crippen molar-refractivity contribution in [2.24, 2.45) is 5.41 Å². The van der Waals surface area contributed by atoms with Gasteiger partial charge in [-0.3, -0.25) is 0 Å². The van der Waals surface area contributed by atoms with Gasteiger partial charge >= 0.3 is 0 Å².